The molecule has 0 radical (unpaired) electrons. The molecule has 0 spiro atoms. The minimum absolute atomic E-state index is 0.0500. The maximum Gasteiger partial charge on any atom is 0.313 e. The Morgan fingerprint density at radius 1 is 1.43 bits per heavy atom. The summed E-state index contributed by atoms with van der Waals surface area (Å²) in [4.78, 5) is 12.1. The number of nitro benzene ring substituents is 1. The zero-order chi connectivity index (χ0) is 15.1. The van der Waals surface area contributed by atoms with Gasteiger partial charge in [-0.05, 0) is 18.8 Å². The van der Waals surface area contributed by atoms with Crippen LogP contribution >= 0.6 is 0 Å². The maximum atomic E-state index is 14.2. The first kappa shape index (κ1) is 14.1. The third-order valence-corrected chi connectivity index (χ3v) is 4.60. The van der Waals surface area contributed by atoms with E-state index in [4.69, 9.17) is 4.74 Å². The number of aliphatic hydroxyl groups is 1. The van der Waals surface area contributed by atoms with Gasteiger partial charge in [0.05, 0.1) is 29.9 Å². The predicted molar refractivity (Wildman–Crippen MR) is 74.0 cm³/mol. The highest BCUT2D eigenvalue weighted by molar-refractivity contribution is 5.61. The summed E-state index contributed by atoms with van der Waals surface area (Å²) >= 11 is 0. The molecule has 1 aromatic carbocycles. The molecule has 21 heavy (non-hydrogen) atoms. The van der Waals surface area contributed by atoms with E-state index < -0.39 is 10.7 Å². The molecule has 0 bridgehead atoms. The largest absolute Gasteiger partial charge is 0.490 e. The zero-order valence-electron chi connectivity index (χ0n) is 11.7. The zero-order valence-corrected chi connectivity index (χ0v) is 11.7. The molecule has 1 aliphatic heterocycles. The maximum absolute atomic E-state index is 14.2. The quantitative estimate of drug-likeness (QED) is 0.681. The van der Waals surface area contributed by atoms with Crippen molar-refractivity contribution < 1.29 is 19.2 Å². The number of nitrogens with zero attached hydrogens (tertiary/aromatic N) is 2. The van der Waals surface area contributed by atoms with Crippen LogP contribution < -0.4 is 9.64 Å². The minimum Gasteiger partial charge on any atom is -0.490 e. The summed E-state index contributed by atoms with van der Waals surface area (Å²) in [6.45, 7) is 1.24. The van der Waals surface area contributed by atoms with Gasteiger partial charge in [0.15, 0.2) is 11.6 Å². The van der Waals surface area contributed by atoms with E-state index in [-0.39, 0.29) is 23.5 Å². The van der Waals surface area contributed by atoms with Gasteiger partial charge in [0.2, 0.25) is 0 Å². The van der Waals surface area contributed by atoms with Gasteiger partial charge in [-0.3, -0.25) is 10.1 Å². The van der Waals surface area contributed by atoms with Gasteiger partial charge >= 0.3 is 5.69 Å². The van der Waals surface area contributed by atoms with Crippen molar-refractivity contribution in [2.24, 2.45) is 11.8 Å². The van der Waals surface area contributed by atoms with Crippen LogP contribution in [0.5, 0.6) is 5.75 Å². The molecule has 3 unspecified atom stereocenters. The van der Waals surface area contributed by atoms with Crippen LogP contribution in [0.25, 0.3) is 0 Å². The van der Waals surface area contributed by atoms with Crippen LogP contribution in [-0.2, 0) is 0 Å². The number of hydrogen-bond donors (Lipinski definition) is 1. The van der Waals surface area contributed by atoms with Crippen LogP contribution in [0.3, 0.4) is 0 Å². The Bertz CT molecular complexity index is 580. The average Bonchev–Trinajstić information content (AvgIpc) is 3.01. The Morgan fingerprint density at radius 2 is 2.19 bits per heavy atom. The average molecular weight is 296 g/mol. The molecule has 1 aliphatic carbocycles. The number of halogens is 1. The van der Waals surface area contributed by atoms with Crippen molar-refractivity contribution in [2.75, 3.05) is 25.1 Å². The summed E-state index contributed by atoms with van der Waals surface area (Å²) in [5.74, 6) is -0.0582. The van der Waals surface area contributed by atoms with Crippen molar-refractivity contribution in [1.82, 2.24) is 0 Å². The molecule has 3 atom stereocenters. The molecule has 0 amide bonds. The second-order valence-electron chi connectivity index (χ2n) is 5.71. The third kappa shape index (κ3) is 2.31. The topological polar surface area (TPSA) is 75.8 Å². The van der Waals surface area contributed by atoms with E-state index in [0.717, 1.165) is 18.9 Å². The van der Waals surface area contributed by atoms with E-state index in [1.165, 1.54) is 13.2 Å². The number of ether oxygens (including phenoxy) is 1. The van der Waals surface area contributed by atoms with Crippen LogP contribution in [-0.4, -0.2) is 36.3 Å². The Kier molecular flexibility index (Phi) is 3.44. The molecular formula is C14H17FN2O4. The van der Waals surface area contributed by atoms with Crippen molar-refractivity contribution in [3.05, 3.63) is 28.1 Å². The molecule has 1 heterocycles. The fraction of sp³-hybridized carbons (Fsp3) is 0.571. The summed E-state index contributed by atoms with van der Waals surface area (Å²) < 4.78 is 19.2. The van der Waals surface area contributed by atoms with E-state index in [9.17, 15) is 19.6 Å². The van der Waals surface area contributed by atoms with E-state index in [1.807, 2.05) is 4.90 Å². The van der Waals surface area contributed by atoms with Crippen LogP contribution in [0.1, 0.15) is 12.8 Å². The summed E-state index contributed by atoms with van der Waals surface area (Å²) in [5.41, 5.74) is -0.0720. The van der Waals surface area contributed by atoms with Crippen molar-refractivity contribution in [3.63, 3.8) is 0 Å². The van der Waals surface area contributed by atoms with E-state index in [1.54, 1.807) is 0 Å². The number of hydrogen-bond acceptors (Lipinski definition) is 5. The molecule has 1 saturated heterocycles. The van der Waals surface area contributed by atoms with Crippen molar-refractivity contribution in [2.45, 2.75) is 18.9 Å². The first-order valence-corrected chi connectivity index (χ1v) is 6.96. The number of rotatable bonds is 3. The lowest BCUT2D eigenvalue weighted by molar-refractivity contribution is -0.385. The van der Waals surface area contributed by atoms with E-state index in [2.05, 4.69) is 0 Å². The molecular weight excluding hydrogens is 279 g/mol. The molecule has 2 aliphatic rings. The predicted octanol–water partition coefficient (Wildman–Crippen LogP) is 1.95. The van der Waals surface area contributed by atoms with Crippen LogP contribution in [0, 0.1) is 27.8 Å². The van der Waals surface area contributed by atoms with Gasteiger partial charge in [-0.1, -0.05) is 0 Å². The van der Waals surface area contributed by atoms with Crippen LogP contribution in [0.4, 0.5) is 15.8 Å². The summed E-state index contributed by atoms with van der Waals surface area (Å²) in [6.07, 6.45) is 1.41. The SMILES string of the molecule is COc1cc(N2CC3CCC(O)C3C2)c(F)cc1[N+](=O)[O-]. The molecule has 2 fully saturated rings. The molecule has 1 aromatic rings. The highest BCUT2D eigenvalue weighted by atomic mass is 19.1. The summed E-state index contributed by atoms with van der Waals surface area (Å²) in [7, 11) is 1.33. The highest BCUT2D eigenvalue weighted by Crippen LogP contribution is 2.42. The number of benzene rings is 1. The van der Waals surface area contributed by atoms with Crippen LogP contribution in [0.15, 0.2) is 12.1 Å². The number of anilines is 1. The minimum atomic E-state index is -0.659. The first-order valence-electron chi connectivity index (χ1n) is 6.96. The monoisotopic (exact) mass is 296 g/mol. The fourth-order valence-electron chi connectivity index (χ4n) is 3.51. The second-order valence-corrected chi connectivity index (χ2v) is 5.71. The molecule has 114 valence electrons. The molecule has 1 saturated carbocycles. The van der Waals surface area contributed by atoms with Gasteiger partial charge in [0.25, 0.3) is 0 Å². The number of fused-ring (bicyclic) bond motifs is 1. The lowest BCUT2D eigenvalue weighted by Gasteiger charge is -2.21. The lowest BCUT2D eigenvalue weighted by atomic mass is 10.00. The molecule has 7 heteroatoms. The van der Waals surface area contributed by atoms with Gasteiger partial charge in [-0.2, -0.15) is 0 Å². The Balaban J connectivity index is 1.91. The van der Waals surface area contributed by atoms with E-state index in [0.29, 0.717) is 24.7 Å². The van der Waals surface area contributed by atoms with Gasteiger partial charge in [-0.15, -0.1) is 0 Å². The van der Waals surface area contributed by atoms with Gasteiger partial charge in [0, 0.05) is 25.1 Å². The van der Waals surface area contributed by atoms with Crippen molar-refractivity contribution >= 4 is 11.4 Å². The molecule has 6 nitrogen and oxygen atoms in total. The Hall–Kier alpha value is -1.89. The standard InChI is InChI=1S/C14H17FN2O4/c1-21-14-5-11(10(15)4-12(14)17(19)20)16-6-8-2-3-13(18)9(8)7-16/h4-5,8-9,13,18H,2-3,6-7H2,1H3. The smallest absolute Gasteiger partial charge is 0.313 e. The normalized spacial score (nSPS) is 27.8. The van der Waals surface area contributed by atoms with Crippen molar-refractivity contribution in [1.29, 1.82) is 0 Å². The summed E-state index contributed by atoms with van der Waals surface area (Å²) in [5, 5.41) is 20.8. The molecule has 1 N–H and O–H groups in total. The van der Waals surface area contributed by atoms with Gasteiger partial charge < -0.3 is 14.7 Å². The summed E-state index contributed by atoms with van der Waals surface area (Å²) in [6, 6.07) is 2.28. The number of aliphatic hydroxyl groups excluding tert-OH is 1. The van der Waals surface area contributed by atoms with Crippen molar-refractivity contribution in [3.8, 4) is 5.75 Å². The second kappa shape index (κ2) is 5.14. The number of methoxy groups -OCH3 is 1. The Labute approximate surface area is 121 Å². The molecule has 0 aromatic heterocycles. The first-order chi connectivity index (χ1) is 10.0. The van der Waals surface area contributed by atoms with Gasteiger partial charge in [0.1, 0.15) is 0 Å². The Morgan fingerprint density at radius 3 is 2.81 bits per heavy atom. The highest BCUT2D eigenvalue weighted by Gasteiger charge is 2.42. The van der Waals surface area contributed by atoms with E-state index >= 15 is 0 Å². The number of nitro groups is 1. The van der Waals surface area contributed by atoms with Gasteiger partial charge in [-0.25, -0.2) is 4.39 Å². The van der Waals surface area contributed by atoms with Crippen LogP contribution in [0.2, 0.25) is 0 Å². The fourth-order valence-corrected chi connectivity index (χ4v) is 3.51. The lowest BCUT2D eigenvalue weighted by Crippen LogP contribution is -2.25. The molecule has 3 rings (SSSR count). The third-order valence-electron chi connectivity index (χ3n) is 4.60.